The summed E-state index contributed by atoms with van der Waals surface area (Å²) in [5, 5.41) is 5.81. The van der Waals surface area contributed by atoms with Crippen LogP contribution >= 0.6 is 11.6 Å². The van der Waals surface area contributed by atoms with Crippen LogP contribution in [0.2, 0.25) is 0 Å². The predicted octanol–water partition coefficient (Wildman–Crippen LogP) is 2.79. The molecule has 0 aliphatic heterocycles. The fourth-order valence-electron chi connectivity index (χ4n) is 1.48. The van der Waals surface area contributed by atoms with Gasteiger partial charge in [0.1, 0.15) is 0 Å². The van der Waals surface area contributed by atoms with Gasteiger partial charge < -0.3 is 10.6 Å². The average molecular weight is 277 g/mol. The first kappa shape index (κ1) is 13.3. The molecule has 0 spiro atoms. The molecular weight excluding hydrogens is 264 g/mol. The van der Waals surface area contributed by atoms with Crippen molar-refractivity contribution in [1.82, 2.24) is 9.97 Å². The SMILES string of the molecule is O=C(CCCl)Nc1cccc(Nc2ncccn2)c1. The lowest BCUT2D eigenvalue weighted by atomic mass is 10.2. The van der Waals surface area contributed by atoms with E-state index in [2.05, 4.69) is 20.6 Å². The Morgan fingerprint density at radius 2 is 1.89 bits per heavy atom. The topological polar surface area (TPSA) is 66.9 Å². The van der Waals surface area contributed by atoms with E-state index in [-0.39, 0.29) is 5.91 Å². The number of carbonyl (C=O) groups excluding carboxylic acids is 1. The molecule has 2 aromatic rings. The van der Waals surface area contributed by atoms with E-state index in [0.29, 0.717) is 23.9 Å². The summed E-state index contributed by atoms with van der Waals surface area (Å²) >= 11 is 5.51. The molecular formula is C13H13ClN4O. The second-order valence-corrected chi connectivity index (χ2v) is 4.14. The van der Waals surface area contributed by atoms with Crippen LogP contribution in [-0.2, 0) is 4.79 Å². The molecule has 6 heteroatoms. The standard InChI is InChI=1S/C13H13ClN4O/c14-6-5-12(19)17-10-3-1-4-11(9-10)18-13-15-7-2-8-16-13/h1-4,7-9H,5-6H2,(H,17,19)(H,15,16,18). The van der Waals surface area contributed by atoms with E-state index < -0.39 is 0 Å². The minimum absolute atomic E-state index is 0.108. The van der Waals surface area contributed by atoms with Crippen molar-refractivity contribution in [2.75, 3.05) is 16.5 Å². The number of hydrogen-bond donors (Lipinski definition) is 2. The van der Waals surface area contributed by atoms with E-state index in [4.69, 9.17) is 11.6 Å². The van der Waals surface area contributed by atoms with Crippen molar-refractivity contribution in [1.29, 1.82) is 0 Å². The van der Waals surface area contributed by atoms with Gasteiger partial charge in [-0.1, -0.05) is 6.07 Å². The zero-order valence-electron chi connectivity index (χ0n) is 10.1. The summed E-state index contributed by atoms with van der Waals surface area (Å²) in [6, 6.07) is 9.06. The Hall–Kier alpha value is -2.14. The molecule has 0 saturated carbocycles. The molecule has 0 unspecified atom stereocenters. The first-order chi connectivity index (χ1) is 9.28. The highest BCUT2D eigenvalue weighted by molar-refractivity contribution is 6.19. The Labute approximate surface area is 116 Å². The van der Waals surface area contributed by atoms with Crippen molar-refractivity contribution in [2.45, 2.75) is 6.42 Å². The van der Waals surface area contributed by atoms with Crippen molar-refractivity contribution in [3.63, 3.8) is 0 Å². The summed E-state index contributed by atoms with van der Waals surface area (Å²) in [5.74, 6) is 0.705. The minimum Gasteiger partial charge on any atom is -0.326 e. The molecule has 1 amide bonds. The number of nitrogens with zero attached hydrogens (tertiary/aromatic N) is 2. The van der Waals surface area contributed by atoms with Gasteiger partial charge in [0.25, 0.3) is 0 Å². The van der Waals surface area contributed by atoms with Gasteiger partial charge in [0.2, 0.25) is 11.9 Å². The third-order valence-corrected chi connectivity index (χ3v) is 2.48. The third kappa shape index (κ3) is 4.22. The predicted molar refractivity (Wildman–Crippen MR) is 75.7 cm³/mol. The lowest BCUT2D eigenvalue weighted by Gasteiger charge is -2.08. The third-order valence-electron chi connectivity index (χ3n) is 2.29. The number of amides is 1. The highest BCUT2D eigenvalue weighted by Gasteiger charge is 2.02. The number of benzene rings is 1. The van der Waals surface area contributed by atoms with E-state index in [1.54, 1.807) is 18.5 Å². The molecule has 98 valence electrons. The number of nitrogens with one attached hydrogen (secondary N) is 2. The van der Waals surface area contributed by atoms with Crippen LogP contribution in [0.15, 0.2) is 42.7 Å². The molecule has 0 aliphatic carbocycles. The van der Waals surface area contributed by atoms with E-state index >= 15 is 0 Å². The zero-order valence-corrected chi connectivity index (χ0v) is 10.9. The number of anilines is 3. The van der Waals surface area contributed by atoms with Crippen LogP contribution in [0.5, 0.6) is 0 Å². The Kier molecular flexibility index (Phi) is 4.69. The van der Waals surface area contributed by atoms with E-state index in [1.165, 1.54) is 0 Å². The Bertz CT molecular complexity index is 547. The molecule has 1 aromatic carbocycles. The molecule has 0 saturated heterocycles. The van der Waals surface area contributed by atoms with Gasteiger partial charge in [-0.25, -0.2) is 9.97 Å². The quantitative estimate of drug-likeness (QED) is 0.824. The molecule has 0 fully saturated rings. The van der Waals surface area contributed by atoms with Crippen LogP contribution in [0.3, 0.4) is 0 Å². The molecule has 2 rings (SSSR count). The summed E-state index contributed by atoms with van der Waals surface area (Å²) in [7, 11) is 0. The van der Waals surface area contributed by atoms with Gasteiger partial charge >= 0.3 is 0 Å². The first-order valence-electron chi connectivity index (χ1n) is 5.78. The Morgan fingerprint density at radius 3 is 2.63 bits per heavy atom. The van der Waals surface area contributed by atoms with E-state index in [9.17, 15) is 4.79 Å². The van der Waals surface area contributed by atoms with Crippen LogP contribution in [-0.4, -0.2) is 21.8 Å². The fourth-order valence-corrected chi connectivity index (χ4v) is 1.65. The smallest absolute Gasteiger partial charge is 0.227 e. The van der Waals surface area contributed by atoms with Crippen molar-refractivity contribution < 1.29 is 4.79 Å². The molecule has 5 nitrogen and oxygen atoms in total. The second kappa shape index (κ2) is 6.70. The molecule has 0 aliphatic rings. The highest BCUT2D eigenvalue weighted by Crippen LogP contribution is 2.17. The summed E-state index contributed by atoms with van der Waals surface area (Å²) in [6.45, 7) is 0. The molecule has 0 radical (unpaired) electrons. The lowest BCUT2D eigenvalue weighted by molar-refractivity contribution is -0.115. The number of aromatic nitrogens is 2. The van der Waals surface area contributed by atoms with Gasteiger partial charge in [-0.3, -0.25) is 4.79 Å². The Balaban J connectivity index is 2.05. The largest absolute Gasteiger partial charge is 0.326 e. The van der Waals surface area contributed by atoms with Gasteiger partial charge in [-0.2, -0.15) is 0 Å². The average Bonchev–Trinajstić information content (AvgIpc) is 2.40. The maximum Gasteiger partial charge on any atom is 0.227 e. The number of hydrogen-bond acceptors (Lipinski definition) is 4. The summed E-state index contributed by atoms with van der Waals surface area (Å²) in [6.07, 6.45) is 3.60. The number of alkyl halides is 1. The first-order valence-corrected chi connectivity index (χ1v) is 6.31. The van der Waals surface area contributed by atoms with E-state index in [1.807, 2.05) is 24.3 Å². The van der Waals surface area contributed by atoms with Crippen LogP contribution in [0.4, 0.5) is 17.3 Å². The zero-order chi connectivity index (χ0) is 13.5. The number of halogens is 1. The van der Waals surface area contributed by atoms with Crippen molar-refractivity contribution in [3.05, 3.63) is 42.7 Å². The van der Waals surface area contributed by atoms with Gasteiger partial charge in [0.15, 0.2) is 0 Å². The summed E-state index contributed by atoms with van der Waals surface area (Å²) in [4.78, 5) is 19.6. The van der Waals surface area contributed by atoms with Gasteiger partial charge in [0, 0.05) is 36.1 Å². The molecule has 0 atom stereocenters. The van der Waals surface area contributed by atoms with Crippen LogP contribution < -0.4 is 10.6 Å². The fraction of sp³-hybridized carbons (Fsp3) is 0.154. The summed E-state index contributed by atoms with van der Waals surface area (Å²) < 4.78 is 0. The highest BCUT2D eigenvalue weighted by atomic mass is 35.5. The maximum atomic E-state index is 11.4. The van der Waals surface area contributed by atoms with E-state index in [0.717, 1.165) is 5.69 Å². The minimum atomic E-state index is -0.108. The monoisotopic (exact) mass is 276 g/mol. The van der Waals surface area contributed by atoms with Gasteiger partial charge in [-0.15, -0.1) is 11.6 Å². The molecule has 2 N–H and O–H groups in total. The normalized spacial score (nSPS) is 9.95. The maximum absolute atomic E-state index is 11.4. The Morgan fingerprint density at radius 1 is 1.16 bits per heavy atom. The van der Waals surface area contributed by atoms with Crippen LogP contribution in [0, 0.1) is 0 Å². The number of rotatable bonds is 5. The summed E-state index contributed by atoms with van der Waals surface area (Å²) in [5.41, 5.74) is 1.51. The van der Waals surface area contributed by atoms with Crippen molar-refractivity contribution >= 4 is 34.8 Å². The van der Waals surface area contributed by atoms with Crippen molar-refractivity contribution in [2.24, 2.45) is 0 Å². The molecule has 19 heavy (non-hydrogen) atoms. The molecule has 1 heterocycles. The lowest BCUT2D eigenvalue weighted by Crippen LogP contribution is -2.11. The van der Waals surface area contributed by atoms with Crippen LogP contribution in [0.25, 0.3) is 0 Å². The molecule has 0 bridgehead atoms. The van der Waals surface area contributed by atoms with Gasteiger partial charge in [0.05, 0.1) is 0 Å². The number of carbonyl (C=O) groups is 1. The van der Waals surface area contributed by atoms with Crippen LogP contribution in [0.1, 0.15) is 6.42 Å². The second-order valence-electron chi connectivity index (χ2n) is 3.77. The van der Waals surface area contributed by atoms with Gasteiger partial charge in [-0.05, 0) is 24.3 Å². The van der Waals surface area contributed by atoms with Crippen molar-refractivity contribution in [3.8, 4) is 0 Å². The molecule has 1 aromatic heterocycles.